The number of carbonyl (C=O) groups is 1. The average molecular weight is 460 g/mol. The SMILES string of the molecule is COc1cc(C(=O)N2CCN(C[C@H]3CN(Cc4ccoc4)CCO3)CC2)cc(OC)c1OC. The molecule has 4 rings (SSSR count). The van der Waals surface area contributed by atoms with Crippen molar-refractivity contribution in [2.24, 2.45) is 0 Å². The van der Waals surface area contributed by atoms with Gasteiger partial charge in [-0.05, 0) is 18.2 Å². The van der Waals surface area contributed by atoms with Crippen LogP contribution in [0.4, 0.5) is 0 Å². The number of furan rings is 1. The van der Waals surface area contributed by atoms with E-state index in [1.54, 1.807) is 46.0 Å². The summed E-state index contributed by atoms with van der Waals surface area (Å²) in [6.45, 7) is 7.29. The van der Waals surface area contributed by atoms with E-state index in [1.807, 2.05) is 11.0 Å². The summed E-state index contributed by atoms with van der Waals surface area (Å²) in [5.74, 6) is 1.41. The molecule has 0 aliphatic carbocycles. The minimum absolute atomic E-state index is 0.0332. The molecule has 180 valence electrons. The van der Waals surface area contributed by atoms with E-state index < -0.39 is 0 Å². The maximum atomic E-state index is 13.1. The molecule has 0 radical (unpaired) electrons. The van der Waals surface area contributed by atoms with Gasteiger partial charge < -0.3 is 28.3 Å². The van der Waals surface area contributed by atoms with Crippen LogP contribution in [-0.2, 0) is 11.3 Å². The number of methoxy groups -OCH3 is 3. The highest BCUT2D eigenvalue weighted by atomic mass is 16.5. The molecule has 1 aromatic carbocycles. The van der Waals surface area contributed by atoms with Gasteiger partial charge in [0.2, 0.25) is 5.75 Å². The lowest BCUT2D eigenvalue weighted by Gasteiger charge is -2.39. The highest BCUT2D eigenvalue weighted by Gasteiger charge is 2.28. The molecule has 0 N–H and O–H groups in total. The van der Waals surface area contributed by atoms with E-state index >= 15 is 0 Å². The van der Waals surface area contributed by atoms with Gasteiger partial charge in [-0.25, -0.2) is 0 Å². The number of hydrogen-bond acceptors (Lipinski definition) is 8. The molecule has 0 bridgehead atoms. The Morgan fingerprint density at radius 2 is 1.73 bits per heavy atom. The Morgan fingerprint density at radius 1 is 1.00 bits per heavy atom. The number of morpholine rings is 1. The van der Waals surface area contributed by atoms with Crippen molar-refractivity contribution in [2.75, 3.05) is 73.7 Å². The zero-order valence-electron chi connectivity index (χ0n) is 19.6. The lowest BCUT2D eigenvalue weighted by atomic mass is 10.1. The maximum Gasteiger partial charge on any atom is 0.254 e. The molecule has 0 saturated carbocycles. The van der Waals surface area contributed by atoms with Crippen molar-refractivity contribution in [3.05, 3.63) is 41.9 Å². The molecule has 9 heteroatoms. The number of amides is 1. The van der Waals surface area contributed by atoms with Crippen molar-refractivity contribution in [3.8, 4) is 17.2 Å². The van der Waals surface area contributed by atoms with Gasteiger partial charge in [0.25, 0.3) is 5.91 Å². The summed E-state index contributed by atoms with van der Waals surface area (Å²) in [5.41, 5.74) is 1.72. The Morgan fingerprint density at radius 3 is 2.33 bits per heavy atom. The zero-order chi connectivity index (χ0) is 23.2. The van der Waals surface area contributed by atoms with Crippen LogP contribution in [0.15, 0.2) is 35.1 Å². The number of ether oxygens (including phenoxy) is 4. The molecule has 2 aliphatic rings. The third kappa shape index (κ3) is 5.61. The second-order valence-corrected chi connectivity index (χ2v) is 8.37. The lowest BCUT2D eigenvalue weighted by molar-refractivity contribution is -0.0497. The standard InChI is InChI=1S/C24H33N3O6/c1-29-21-12-19(13-22(30-2)23(21)31-3)24(28)27-7-5-25(6-8-27)15-20-16-26(9-11-33-20)14-18-4-10-32-17-18/h4,10,12-13,17,20H,5-9,11,14-16H2,1-3H3/t20-/m0/s1. The van der Waals surface area contributed by atoms with Gasteiger partial charge in [0.05, 0.1) is 46.6 Å². The molecule has 33 heavy (non-hydrogen) atoms. The monoisotopic (exact) mass is 459 g/mol. The van der Waals surface area contributed by atoms with Gasteiger partial charge in [-0.15, -0.1) is 0 Å². The van der Waals surface area contributed by atoms with Crippen molar-refractivity contribution < 1.29 is 28.2 Å². The maximum absolute atomic E-state index is 13.1. The Balaban J connectivity index is 1.30. The number of nitrogens with zero attached hydrogens (tertiary/aromatic N) is 3. The van der Waals surface area contributed by atoms with Crippen molar-refractivity contribution in [1.82, 2.24) is 14.7 Å². The van der Waals surface area contributed by atoms with Gasteiger partial charge >= 0.3 is 0 Å². The predicted molar refractivity (Wildman–Crippen MR) is 122 cm³/mol. The smallest absolute Gasteiger partial charge is 0.254 e. The average Bonchev–Trinajstić information content (AvgIpc) is 3.36. The third-order valence-corrected chi connectivity index (χ3v) is 6.24. The van der Waals surface area contributed by atoms with Crippen LogP contribution < -0.4 is 14.2 Å². The van der Waals surface area contributed by atoms with Crippen molar-refractivity contribution in [1.29, 1.82) is 0 Å². The molecule has 3 heterocycles. The minimum Gasteiger partial charge on any atom is -0.493 e. The summed E-state index contributed by atoms with van der Waals surface area (Å²) in [7, 11) is 4.65. The van der Waals surface area contributed by atoms with Crippen molar-refractivity contribution >= 4 is 5.91 Å². The molecular weight excluding hydrogens is 426 g/mol. The highest BCUT2D eigenvalue weighted by molar-refractivity contribution is 5.95. The summed E-state index contributed by atoms with van der Waals surface area (Å²) in [5, 5.41) is 0. The molecule has 0 spiro atoms. The minimum atomic E-state index is -0.0332. The molecule has 1 aromatic heterocycles. The second kappa shape index (κ2) is 10.9. The summed E-state index contributed by atoms with van der Waals surface area (Å²) >= 11 is 0. The third-order valence-electron chi connectivity index (χ3n) is 6.24. The Kier molecular flexibility index (Phi) is 7.74. The first kappa shape index (κ1) is 23.4. The van der Waals surface area contributed by atoms with E-state index in [2.05, 4.69) is 9.80 Å². The number of carbonyl (C=O) groups excluding carboxylic acids is 1. The summed E-state index contributed by atoms with van der Waals surface area (Å²) in [4.78, 5) is 19.8. The Labute approximate surface area is 194 Å². The molecule has 2 aromatic rings. The van der Waals surface area contributed by atoms with Crippen LogP contribution in [0.2, 0.25) is 0 Å². The Bertz CT molecular complexity index is 886. The van der Waals surface area contributed by atoms with E-state index in [-0.39, 0.29) is 12.0 Å². The van der Waals surface area contributed by atoms with Crippen molar-refractivity contribution in [2.45, 2.75) is 12.6 Å². The van der Waals surface area contributed by atoms with Crippen LogP contribution in [0.5, 0.6) is 17.2 Å². The first-order chi connectivity index (χ1) is 16.1. The van der Waals surface area contributed by atoms with Crippen LogP contribution in [0.3, 0.4) is 0 Å². The lowest BCUT2D eigenvalue weighted by Crippen LogP contribution is -2.53. The number of piperazine rings is 1. The number of rotatable bonds is 8. The highest BCUT2D eigenvalue weighted by Crippen LogP contribution is 2.38. The van der Waals surface area contributed by atoms with Crippen LogP contribution in [0.25, 0.3) is 0 Å². The first-order valence-electron chi connectivity index (χ1n) is 11.3. The fourth-order valence-corrected chi connectivity index (χ4v) is 4.48. The number of benzene rings is 1. The normalized spacial score (nSPS) is 20.0. The molecule has 2 aliphatic heterocycles. The summed E-state index contributed by atoms with van der Waals surface area (Å²) in [6, 6.07) is 5.43. The zero-order valence-corrected chi connectivity index (χ0v) is 19.6. The molecule has 1 amide bonds. The van der Waals surface area contributed by atoms with Gasteiger partial charge in [0, 0.05) is 63.5 Å². The Hall–Kier alpha value is -2.75. The van der Waals surface area contributed by atoms with Crippen LogP contribution in [0, 0.1) is 0 Å². The van der Waals surface area contributed by atoms with Crippen LogP contribution in [-0.4, -0.2) is 100 Å². The van der Waals surface area contributed by atoms with Crippen molar-refractivity contribution in [3.63, 3.8) is 0 Å². The van der Waals surface area contributed by atoms with E-state index in [1.165, 1.54) is 5.56 Å². The molecule has 1 atom stereocenters. The molecular formula is C24H33N3O6. The van der Waals surface area contributed by atoms with Gasteiger partial charge in [-0.2, -0.15) is 0 Å². The van der Waals surface area contributed by atoms with Gasteiger partial charge in [-0.1, -0.05) is 0 Å². The fraction of sp³-hybridized carbons (Fsp3) is 0.542. The number of hydrogen-bond donors (Lipinski definition) is 0. The van der Waals surface area contributed by atoms with Gasteiger partial charge in [0.1, 0.15) is 0 Å². The molecule has 2 saturated heterocycles. The van der Waals surface area contributed by atoms with Crippen LogP contribution >= 0.6 is 0 Å². The van der Waals surface area contributed by atoms with Gasteiger partial charge in [-0.3, -0.25) is 14.6 Å². The second-order valence-electron chi connectivity index (χ2n) is 8.37. The topological polar surface area (TPSA) is 76.9 Å². The summed E-state index contributed by atoms with van der Waals surface area (Å²) in [6.07, 6.45) is 3.68. The van der Waals surface area contributed by atoms with Gasteiger partial charge in [0.15, 0.2) is 11.5 Å². The molecule has 2 fully saturated rings. The van der Waals surface area contributed by atoms with E-state index in [9.17, 15) is 4.79 Å². The van der Waals surface area contributed by atoms with E-state index in [4.69, 9.17) is 23.4 Å². The first-order valence-corrected chi connectivity index (χ1v) is 11.3. The quantitative estimate of drug-likeness (QED) is 0.593. The summed E-state index contributed by atoms with van der Waals surface area (Å²) < 4.78 is 27.3. The van der Waals surface area contributed by atoms with E-state index in [0.29, 0.717) is 35.9 Å². The molecule has 0 unspecified atom stereocenters. The predicted octanol–water partition coefficient (Wildman–Crippen LogP) is 1.96. The van der Waals surface area contributed by atoms with Crippen LogP contribution in [0.1, 0.15) is 15.9 Å². The largest absolute Gasteiger partial charge is 0.493 e. The van der Waals surface area contributed by atoms with E-state index in [0.717, 1.165) is 45.9 Å². The molecule has 9 nitrogen and oxygen atoms in total. The fourth-order valence-electron chi connectivity index (χ4n) is 4.48.